The van der Waals surface area contributed by atoms with Gasteiger partial charge in [0.2, 0.25) is 0 Å². The molecule has 0 radical (unpaired) electrons. The Bertz CT molecular complexity index is 934. The number of aryl methyl sites for hydroxylation is 1. The lowest BCUT2D eigenvalue weighted by molar-refractivity contribution is -0.137. The van der Waals surface area contributed by atoms with Crippen molar-refractivity contribution in [3.63, 3.8) is 0 Å². The number of rotatable bonds is 4. The molecular formula is C20H17F3N2. The molecule has 0 amide bonds. The van der Waals surface area contributed by atoms with E-state index in [1.807, 2.05) is 31.3 Å². The quantitative estimate of drug-likeness (QED) is 0.570. The lowest BCUT2D eigenvalue weighted by atomic mass is 10.1. The molecule has 0 atom stereocenters. The Morgan fingerprint density at radius 3 is 2.60 bits per heavy atom. The second-order valence-corrected chi connectivity index (χ2v) is 5.71. The highest BCUT2D eigenvalue weighted by atomic mass is 19.4. The summed E-state index contributed by atoms with van der Waals surface area (Å²) in [6.07, 6.45) is 0.843. The highest BCUT2D eigenvalue weighted by Crippen LogP contribution is 2.29. The monoisotopic (exact) mass is 342 g/mol. The summed E-state index contributed by atoms with van der Waals surface area (Å²) in [5.41, 5.74) is 1.97. The predicted octanol–water partition coefficient (Wildman–Crippen LogP) is 5.33. The number of aliphatic imine (C=N–C) groups is 1. The molecule has 3 rings (SSSR count). The van der Waals surface area contributed by atoms with E-state index in [2.05, 4.69) is 15.6 Å². The average molecular weight is 342 g/mol. The smallest absolute Gasteiger partial charge is 0.343 e. The fourth-order valence-electron chi connectivity index (χ4n) is 2.65. The maximum Gasteiger partial charge on any atom is 0.416 e. The first-order valence-electron chi connectivity index (χ1n) is 7.83. The molecule has 2 nitrogen and oxygen atoms in total. The van der Waals surface area contributed by atoms with Gasteiger partial charge in [-0.2, -0.15) is 13.2 Å². The molecule has 0 aliphatic heterocycles. The van der Waals surface area contributed by atoms with Gasteiger partial charge in [0, 0.05) is 24.2 Å². The fraction of sp³-hybridized carbons (Fsp3) is 0.150. The van der Waals surface area contributed by atoms with Crippen LogP contribution < -0.4 is 0 Å². The van der Waals surface area contributed by atoms with E-state index in [9.17, 15) is 13.2 Å². The molecular weight excluding hydrogens is 325 g/mol. The second-order valence-electron chi connectivity index (χ2n) is 5.71. The molecule has 0 fully saturated rings. The van der Waals surface area contributed by atoms with Crippen molar-refractivity contribution in [2.24, 2.45) is 12.0 Å². The van der Waals surface area contributed by atoms with Crippen molar-refractivity contribution >= 4 is 23.2 Å². The minimum absolute atomic E-state index is 0.401. The first-order chi connectivity index (χ1) is 11.9. The molecule has 3 aromatic rings. The zero-order valence-corrected chi connectivity index (χ0v) is 13.7. The van der Waals surface area contributed by atoms with Gasteiger partial charge in [-0.15, -0.1) is 0 Å². The Kier molecular flexibility index (Phi) is 4.74. The van der Waals surface area contributed by atoms with Gasteiger partial charge in [-0.3, -0.25) is 4.99 Å². The summed E-state index contributed by atoms with van der Waals surface area (Å²) in [5.74, 6) is 0. The first kappa shape index (κ1) is 17.0. The summed E-state index contributed by atoms with van der Waals surface area (Å²) in [4.78, 5) is 4.33. The lowest BCUT2D eigenvalue weighted by Gasteiger charge is -2.06. The Hall–Kier alpha value is -2.82. The van der Waals surface area contributed by atoms with Crippen LogP contribution in [0.3, 0.4) is 0 Å². The summed E-state index contributed by atoms with van der Waals surface area (Å²) in [6, 6.07) is 15.3. The summed E-state index contributed by atoms with van der Waals surface area (Å²) in [7, 11) is 1.97. The summed E-state index contributed by atoms with van der Waals surface area (Å²) < 4.78 is 40.1. The van der Waals surface area contributed by atoms with Crippen LogP contribution in [0.4, 0.5) is 13.2 Å². The number of nitrogens with zero attached hydrogens (tertiary/aromatic N) is 2. The molecule has 0 saturated heterocycles. The van der Waals surface area contributed by atoms with Gasteiger partial charge in [0.05, 0.1) is 17.8 Å². The maximum absolute atomic E-state index is 12.7. The molecule has 0 aliphatic rings. The van der Waals surface area contributed by atoms with Crippen LogP contribution in [-0.2, 0) is 13.2 Å². The molecule has 0 unspecified atom stereocenters. The molecule has 0 saturated carbocycles. The number of benzene rings is 2. The Labute approximate surface area is 143 Å². The third-order valence-electron chi connectivity index (χ3n) is 3.95. The van der Waals surface area contributed by atoms with Crippen LogP contribution in [0.2, 0.25) is 0 Å². The van der Waals surface area contributed by atoms with Crippen molar-refractivity contribution in [2.75, 3.05) is 6.54 Å². The molecule has 5 heteroatoms. The lowest BCUT2D eigenvalue weighted by Crippen LogP contribution is -2.04. The van der Waals surface area contributed by atoms with Crippen LogP contribution in [0.25, 0.3) is 17.0 Å². The van der Waals surface area contributed by atoms with Crippen molar-refractivity contribution in [2.45, 2.75) is 6.18 Å². The molecule has 128 valence electrons. The van der Waals surface area contributed by atoms with E-state index in [1.165, 1.54) is 6.07 Å². The van der Waals surface area contributed by atoms with Crippen molar-refractivity contribution in [1.29, 1.82) is 0 Å². The Morgan fingerprint density at radius 1 is 1.04 bits per heavy atom. The van der Waals surface area contributed by atoms with Crippen LogP contribution in [0.5, 0.6) is 0 Å². The van der Waals surface area contributed by atoms with Crippen LogP contribution in [0, 0.1) is 0 Å². The molecule has 0 spiro atoms. The van der Waals surface area contributed by atoms with E-state index >= 15 is 0 Å². The third-order valence-corrected chi connectivity index (χ3v) is 3.95. The number of alkyl halides is 3. The number of halogens is 3. The second kappa shape index (κ2) is 6.97. The van der Waals surface area contributed by atoms with Gasteiger partial charge in [0.1, 0.15) is 0 Å². The predicted molar refractivity (Wildman–Crippen MR) is 95.9 cm³/mol. The van der Waals surface area contributed by atoms with Crippen molar-refractivity contribution < 1.29 is 13.2 Å². The van der Waals surface area contributed by atoms with Gasteiger partial charge in [-0.05, 0) is 29.8 Å². The fourth-order valence-corrected chi connectivity index (χ4v) is 2.65. The van der Waals surface area contributed by atoms with Crippen LogP contribution >= 0.6 is 0 Å². The van der Waals surface area contributed by atoms with Gasteiger partial charge in [-0.1, -0.05) is 42.5 Å². The van der Waals surface area contributed by atoms with E-state index in [-0.39, 0.29) is 0 Å². The van der Waals surface area contributed by atoms with E-state index in [1.54, 1.807) is 24.4 Å². The Morgan fingerprint density at radius 2 is 1.84 bits per heavy atom. The molecule has 0 bridgehead atoms. The zero-order chi connectivity index (χ0) is 17.9. The van der Waals surface area contributed by atoms with Gasteiger partial charge in [0.15, 0.2) is 0 Å². The highest BCUT2D eigenvalue weighted by Gasteiger charge is 2.30. The number of hydrogen-bond acceptors (Lipinski definition) is 1. The van der Waals surface area contributed by atoms with E-state index in [0.717, 1.165) is 28.7 Å². The first-order valence-corrected chi connectivity index (χ1v) is 7.83. The minimum Gasteiger partial charge on any atom is -0.343 e. The Balaban J connectivity index is 1.67. The third kappa shape index (κ3) is 3.99. The average Bonchev–Trinajstić information content (AvgIpc) is 2.91. The van der Waals surface area contributed by atoms with Crippen LogP contribution in [-0.4, -0.2) is 17.3 Å². The van der Waals surface area contributed by atoms with Crippen molar-refractivity contribution in [1.82, 2.24) is 4.57 Å². The highest BCUT2D eigenvalue weighted by molar-refractivity contribution is 5.90. The molecule has 2 aromatic carbocycles. The summed E-state index contributed by atoms with van der Waals surface area (Å²) in [5, 5.41) is 1.14. The molecule has 1 aromatic heterocycles. The van der Waals surface area contributed by atoms with Crippen LogP contribution in [0.15, 0.2) is 65.7 Å². The number of para-hydroxylation sites is 1. The largest absolute Gasteiger partial charge is 0.416 e. The minimum atomic E-state index is -4.32. The summed E-state index contributed by atoms with van der Waals surface area (Å²) >= 11 is 0. The summed E-state index contributed by atoms with van der Waals surface area (Å²) in [6.45, 7) is 0.401. The standard InChI is InChI=1S/C20H17F3N2/c1-25-18(13-16-8-2-3-10-19(16)25)14-24-11-5-7-15-6-4-9-17(12-15)20(21,22)23/h2-10,12-14H,11H2,1H3/b7-5+,24-14?. The number of hydrogen-bond donors (Lipinski definition) is 0. The molecule has 0 N–H and O–H groups in total. The van der Waals surface area contributed by atoms with Gasteiger partial charge in [0.25, 0.3) is 0 Å². The number of fused-ring (bicyclic) bond motifs is 1. The zero-order valence-electron chi connectivity index (χ0n) is 13.7. The molecule has 1 heterocycles. The van der Waals surface area contributed by atoms with E-state index in [0.29, 0.717) is 12.1 Å². The molecule has 25 heavy (non-hydrogen) atoms. The molecule has 0 aliphatic carbocycles. The maximum atomic E-state index is 12.7. The van der Waals surface area contributed by atoms with Crippen molar-refractivity contribution in [3.05, 3.63) is 77.5 Å². The van der Waals surface area contributed by atoms with Crippen LogP contribution in [0.1, 0.15) is 16.8 Å². The van der Waals surface area contributed by atoms with Gasteiger partial charge < -0.3 is 4.57 Å². The van der Waals surface area contributed by atoms with E-state index in [4.69, 9.17) is 0 Å². The van der Waals surface area contributed by atoms with Crippen molar-refractivity contribution in [3.8, 4) is 0 Å². The van der Waals surface area contributed by atoms with E-state index < -0.39 is 11.7 Å². The van der Waals surface area contributed by atoms with Gasteiger partial charge in [-0.25, -0.2) is 0 Å². The van der Waals surface area contributed by atoms with Gasteiger partial charge >= 0.3 is 6.18 Å². The topological polar surface area (TPSA) is 17.3 Å². The number of aromatic nitrogens is 1. The normalized spacial score (nSPS) is 12.6. The SMILES string of the molecule is Cn1c(C=NC/C=C/c2cccc(C(F)(F)F)c2)cc2ccccc21.